The second-order valence-electron chi connectivity index (χ2n) is 7.19. The van der Waals surface area contributed by atoms with Crippen molar-refractivity contribution in [2.75, 3.05) is 6.54 Å². The van der Waals surface area contributed by atoms with Crippen LogP contribution in [0, 0.1) is 6.92 Å². The Balaban J connectivity index is 1.97. The Bertz CT molecular complexity index is 1010. The maximum Gasteiger partial charge on any atom is 0.244 e. The summed E-state index contributed by atoms with van der Waals surface area (Å²) >= 11 is 0. The van der Waals surface area contributed by atoms with Gasteiger partial charge in [0.25, 0.3) is 0 Å². The fraction of sp³-hybridized carbons (Fsp3) is 0.217. The Morgan fingerprint density at radius 2 is 1.36 bits per heavy atom. The molecule has 3 aromatic carbocycles. The van der Waals surface area contributed by atoms with Crippen LogP contribution in [0.1, 0.15) is 23.1 Å². The van der Waals surface area contributed by atoms with Crippen LogP contribution in [0.3, 0.4) is 0 Å². The fourth-order valence-electron chi connectivity index (χ4n) is 4.16. The lowest BCUT2D eigenvalue weighted by Gasteiger charge is -2.41. The van der Waals surface area contributed by atoms with Crippen molar-refractivity contribution in [3.05, 3.63) is 102 Å². The summed E-state index contributed by atoms with van der Waals surface area (Å²) in [6, 6.07) is 25.7. The van der Waals surface area contributed by atoms with Gasteiger partial charge in [0.05, 0.1) is 11.0 Å². The van der Waals surface area contributed by atoms with Gasteiger partial charge in [-0.05, 0) is 36.6 Å². The van der Waals surface area contributed by atoms with Gasteiger partial charge in [0.15, 0.2) is 0 Å². The third-order valence-corrected chi connectivity index (χ3v) is 7.44. The van der Waals surface area contributed by atoms with Crippen LogP contribution < -0.4 is 0 Å². The zero-order valence-electron chi connectivity index (χ0n) is 15.7. The van der Waals surface area contributed by atoms with Gasteiger partial charge in [0.2, 0.25) is 10.0 Å². The number of hydrogen-bond donors (Lipinski definition) is 1. The van der Waals surface area contributed by atoms with Crippen molar-refractivity contribution >= 4 is 10.0 Å². The molecule has 5 heteroatoms. The topological polar surface area (TPSA) is 57.6 Å². The zero-order valence-corrected chi connectivity index (χ0v) is 16.5. The van der Waals surface area contributed by atoms with Crippen molar-refractivity contribution < 1.29 is 13.5 Å². The van der Waals surface area contributed by atoms with Gasteiger partial charge in [0, 0.05) is 6.54 Å². The van der Waals surface area contributed by atoms with Gasteiger partial charge >= 0.3 is 0 Å². The molecule has 4 rings (SSSR count). The van der Waals surface area contributed by atoms with Crippen LogP contribution in [-0.4, -0.2) is 30.5 Å². The van der Waals surface area contributed by atoms with Crippen molar-refractivity contribution in [3.8, 4) is 0 Å². The largest absolute Gasteiger partial charge is 0.390 e. The lowest BCUT2D eigenvalue weighted by Crippen LogP contribution is -2.51. The van der Waals surface area contributed by atoms with Crippen molar-refractivity contribution in [2.24, 2.45) is 0 Å². The fourth-order valence-corrected chi connectivity index (χ4v) is 5.95. The number of rotatable bonds is 4. The Labute approximate surface area is 166 Å². The highest BCUT2D eigenvalue weighted by atomic mass is 32.2. The minimum atomic E-state index is -3.82. The molecule has 1 aliphatic heterocycles. The normalized spacial score (nSPS) is 19.6. The second kappa shape index (κ2) is 7.17. The number of benzene rings is 3. The van der Waals surface area contributed by atoms with E-state index in [2.05, 4.69) is 0 Å². The van der Waals surface area contributed by atoms with Gasteiger partial charge in [0.1, 0.15) is 5.54 Å². The minimum Gasteiger partial charge on any atom is -0.390 e. The maximum atomic E-state index is 13.7. The molecular weight excluding hydrogens is 370 g/mol. The van der Waals surface area contributed by atoms with Crippen LogP contribution >= 0.6 is 0 Å². The van der Waals surface area contributed by atoms with E-state index < -0.39 is 21.7 Å². The lowest BCUT2D eigenvalue weighted by atomic mass is 9.80. The van der Waals surface area contributed by atoms with Gasteiger partial charge in [-0.25, -0.2) is 8.42 Å². The first kappa shape index (κ1) is 18.9. The number of hydrogen-bond acceptors (Lipinski definition) is 3. The van der Waals surface area contributed by atoms with Crippen molar-refractivity contribution in [3.63, 3.8) is 0 Å². The molecule has 0 aromatic heterocycles. The number of aliphatic hydroxyl groups excluding tert-OH is 1. The molecule has 4 nitrogen and oxygen atoms in total. The Morgan fingerprint density at radius 3 is 1.86 bits per heavy atom. The predicted octanol–water partition coefficient (Wildman–Crippen LogP) is 3.69. The van der Waals surface area contributed by atoms with Crippen molar-refractivity contribution in [1.82, 2.24) is 4.31 Å². The summed E-state index contributed by atoms with van der Waals surface area (Å²) in [6.45, 7) is 2.18. The summed E-state index contributed by atoms with van der Waals surface area (Å²) < 4.78 is 28.8. The van der Waals surface area contributed by atoms with Gasteiger partial charge in [-0.15, -0.1) is 0 Å². The van der Waals surface area contributed by atoms with Crippen LogP contribution in [0.5, 0.6) is 0 Å². The smallest absolute Gasteiger partial charge is 0.244 e. The Kier molecular flexibility index (Phi) is 4.83. The monoisotopic (exact) mass is 393 g/mol. The number of aryl methyl sites for hydroxylation is 1. The van der Waals surface area contributed by atoms with Crippen LogP contribution in [0.25, 0.3) is 0 Å². The van der Waals surface area contributed by atoms with Crippen LogP contribution in [0.15, 0.2) is 89.8 Å². The third-order valence-electron chi connectivity index (χ3n) is 5.52. The molecule has 0 radical (unpaired) electrons. The van der Waals surface area contributed by atoms with E-state index in [0.29, 0.717) is 6.42 Å². The molecule has 1 aliphatic rings. The standard InChI is InChI=1S/C23H23NO3S/c1-18-12-14-21(15-13-18)28(26,27)24-17-16-22(25)23(24,19-8-4-2-5-9-19)20-10-6-3-7-11-20/h2-15,22,25H,16-17H2,1H3/t22-/m0/s1. The first-order chi connectivity index (χ1) is 13.5. The number of nitrogens with zero attached hydrogens (tertiary/aromatic N) is 1. The maximum absolute atomic E-state index is 13.7. The number of aliphatic hydroxyl groups is 1. The molecular formula is C23H23NO3S. The molecule has 1 saturated heterocycles. The van der Waals surface area contributed by atoms with Gasteiger partial charge in [-0.2, -0.15) is 4.31 Å². The van der Waals surface area contributed by atoms with E-state index in [-0.39, 0.29) is 11.4 Å². The minimum absolute atomic E-state index is 0.239. The Hall–Kier alpha value is -2.47. The molecule has 0 unspecified atom stereocenters. The molecule has 3 aromatic rings. The first-order valence-electron chi connectivity index (χ1n) is 9.36. The molecule has 1 atom stereocenters. The Morgan fingerprint density at radius 1 is 0.857 bits per heavy atom. The van der Waals surface area contributed by atoms with Crippen LogP contribution in [-0.2, 0) is 15.6 Å². The third kappa shape index (κ3) is 2.87. The second-order valence-corrected chi connectivity index (χ2v) is 9.06. The highest BCUT2D eigenvalue weighted by Gasteiger charge is 2.55. The molecule has 0 spiro atoms. The average molecular weight is 394 g/mol. The van der Waals surface area contributed by atoms with E-state index in [1.165, 1.54) is 4.31 Å². The molecule has 144 valence electrons. The summed E-state index contributed by atoms with van der Waals surface area (Å²) in [7, 11) is -3.82. The molecule has 0 bridgehead atoms. The summed E-state index contributed by atoms with van der Waals surface area (Å²) in [5.41, 5.74) is 1.37. The highest BCUT2D eigenvalue weighted by molar-refractivity contribution is 7.89. The molecule has 1 N–H and O–H groups in total. The average Bonchev–Trinajstić information content (AvgIpc) is 3.08. The zero-order chi connectivity index (χ0) is 19.8. The molecule has 28 heavy (non-hydrogen) atoms. The van der Waals surface area contributed by atoms with Crippen molar-refractivity contribution in [2.45, 2.75) is 29.9 Å². The quantitative estimate of drug-likeness (QED) is 0.735. The summed E-state index contributed by atoms with van der Waals surface area (Å²) in [6.07, 6.45) is -0.480. The van der Waals surface area contributed by atoms with E-state index in [9.17, 15) is 13.5 Å². The molecule has 0 amide bonds. The van der Waals surface area contributed by atoms with E-state index in [4.69, 9.17) is 0 Å². The van der Waals surface area contributed by atoms with Crippen molar-refractivity contribution in [1.29, 1.82) is 0 Å². The predicted molar refractivity (Wildman–Crippen MR) is 109 cm³/mol. The van der Waals surface area contributed by atoms with Gasteiger partial charge < -0.3 is 5.11 Å². The van der Waals surface area contributed by atoms with Gasteiger partial charge in [-0.3, -0.25) is 0 Å². The highest BCUT2D eigenvalue weighted by Crippen LogP contribution is 2.47. The van der Waals surface area contributed by atoms with E-state index >= 15 is 0 Å². The molecule has 1 fully saturated rings. The van der Waals surface area contributed by atoms with E-state index in [1.54, 1.807) is 24.3 Å². The molecule has 1 heterocycles. The summed E-state index contributed by atoms with van der Waals surface area (Å²) in [4.78, 5) is 0.239. The summed E-state index contributed by atoms with van der Waals surface area (Å²) in [5.74, 6) is 0. The van der Waals surface area contributed by atoms with Gasteiger partial charge in [-0.1, -0.05) is 78.4 Å². The first-order valence-corrected chi connectivity index (χ1v) is 10.8. The van der Waals surface area contributed by atoms with Crippen LogP contribution in [0.4, 0.5) is 0 Å². The molecule has 0 aliphatic carbocycles. The van der Waals surface area contributed by atoms with Crippen LogP contribution in [0.2, 0.25) is 0 Å². The van der Waals surface area contributed by atoms with E-state index in [1.807, 2.05) is 67.6 Å². The van der Waals surface area contributed by atoms with E-state index in [0.717, 1.165) is 16.7 Å². The summed E-state index contributed by atoms with van der Waals surface area (Å²) in [5, 5.41) is 11.2. The molecule has 0 saturated carbocycles. The SMILES string of the molecule is Cc1ccc(S(=O)(=O)N2CC[C@H](O)C2(c2ccccc2)c2ccccc2)cc1. The number of sulfonamides is 1. The lowest BCUT2D eigenvalue weighted by molar-refractivity contribution is 0.0906.